The predicted molar refractivity (Wildman–Crippen MR) is 28.2 cm³/mol. The van der Waals surface area contributed by atoms with Crippen molar-refractivity contribution >= 4 is 0 Å². The molecule has 0 radical (unpaired) electrons. The Kier molecular flexibility index (Phi) is 1.84. The zero-order chi connectivity index (χ0) is 5.82. The lowest BCUT2D eigenvalue weighted by Crippen LogP contribution is -2.37. The third-order valence-corrected chi connectivity index (χ3v) is 1.07. The number of nitrogens with zero attached hydrogens (tertiary/aromatic N) is 1. The maximum absolute atomic E-state index is 8.28. The van der Waals surface area contributed by atoms with Gasteiger partial charge in [-0.1, -0.05) is 0 Å². The van der Waals surface area contributed by atoms with Crippen molar-refractivity contribution in [1.29, 1.82) is 5.26 Å². The van der Waals surface area contributed by atoms with Crippen molar-refractivity contribution in [3.05, 3.63) is 0 Å². The molecule has 0 unspecified atom stereocenters. The molecule has 1 fully saturated rings. The zero-order valence-electron chi connectivity index (χ0n) is 4.55. The average Bonchev–Trinajstić information content (AvgIpc) is 1.90. The topological polar surface area (TPSA) is 45.0 Å². The van der Waals surface area contributed by atoms with Gasteiger partial charge in [-0.3, -0.25) is 0 Å². The summed E-state index contributed by atoms with van der Waals surface area (Å²) in [6.45, 7) is 2.22. The van der Waals surface area contributed by atoms with Crippen molar-refractivity contribution in [3.8, 4) is 6.07 Å². The van der Waals surface area contributed by atoms with Crippen LogP contribution in [0.5, 0.6) is 0 Å². The molecule has 0 aromatic rings. The quantitative estimate of drug-likeness (QED) is 0.459. The fourth-order valence-electron chi connectivity index (χ4n) is 0.648. The van der Waals surface area contributed by atoms with E-state index in [-0.39, 0.29) is 6.10 Å². The minimum absolute atomic E-state index is 0.219. The van der Waals surface area contributed by atoms with Gasteiger partial charge in [-0.05, 0) is 0 Å². The minimum atomic E-state index is -0.219. The Hall–Kier alpha value is -0.590. The van der Waals surface area contributed by atoms with Crippen LogP contribution in [0.15, 0.2) is 0 Å². The molecule has 1 aliphatic heterocycles. The Labute approximate surface area is 48.2 Å². The normalized spacial score (nSPS) is 29.1. The molecule has 1 rings (SSSR count). The van der Waals surface area contributed by atoms with E-state index in [1.807, 2.05) is 6.07 Å². The molecule has 1 aliphatic rings. The number of hydrogen-bond donors (Lipinski definition) is 1. The number of nitrogens with one attached hydrogen (secondary N) is 1. The van der Waals surface area contributed by atoms with Crippen LogP contribution in [0.25, 0.3) is 0 Å². The van der Waals surface area contributed by atoms with Gasteiger partial charge >= 0.3 is 0 Å². The van der Waals surface area contributed by atoms with Crippen LogP contribution in [-0.2, 0) is 4.74 Å². The summed E-state index contributed by atoms with van der Waals surface area (Å²) in [5, 5.41) is 11.3. The summed E-state index contributed by atoms with van der Waals surface area (Å²) in [5.74, 6) is 0. The Balaban J connectivity index is 2.25. The first-order valence-electron chi connectivity index (χ1n) is 2.65. The lowest BCUT2D eigenvalue weighted by molar-refractivity contribution is 0.0638. The summed E-state index contributed by atoms with van der Waals surface area (Å²) in [4.78, 5) is 0. The van der Waals surface area contributed by atoms with Crippen LogP contribution in [0, 0.1) is 11.3 Å². The third-order valence-electron chi connectivity index (χ3n) is 1.07. The van der Waals surface area contributed by atoms with Crippen LogP contribution in [0.1, 0.15) is 0 Å². The highest BCUT2D eigenvalue weighted by Gasteiger charge is 2.09. The molecule has 1 N–H and O–H groups in total. The highest BCUT2D eigenvalue weighted by atomic mass is 16.5. The molecule has 0 amide bonds. The molecule has 3 nitrogen and oxygen atoms in total. The van der Waals surface area contributed by atoms with Gasteiger partial charge in [0.15, 0.2) is 6.10 Å². The first-order chi connectivity index (χ1) is 3.93. The summed E-state index contributed by atoms with van der Waals surface area (Å²) in [6, 6.07) is 2.02. The molecule has 0 aromatic carbocycles. The van der Waals surface area contributed by atoms with Crippen LogP contribution in [0.2, 0.25) is 0 Å². The molecule has 0 aromatic heterocycles. The Bertz CT molecular complexity index is 101. The molecule has 0 spiro atoms. The van der Waals surface area contributed by atoms with E-state index in [0.29, 0.717) is 13.2 Å². The largest absolute Gasteiger partial charge is 0.361 e. The number of nitriles is 1. The van der Waals surface area contributed by atoms with Gasteiger partial charge in [-0.2, -0.15) is 5.26 Å². The molecule has 0 aliphatic carbocycles. The maximum atomic E-state index is 8.28. The highest BCUT2D eigenvalue weighted by molar-refractivity contribution is 4.87. The van der Waals surface area contributed by atoms with Gasteiger partial charge in [0.1, 0.15) is 0 Å². The smallest absolute Gasteiger partial charge is 0.156 e. The number of ether oxygens (including phenoxy) is 1. The van der Waals surface area contributed by atoms with Gasteiger partial charge in [0.25, 0.3) is 0 Å². The fraction of sp³-hybridized carbons (Fsp3) is 0.800. The van der Waals surface area contributed by atoms with E-state index in [2.05, 4.69) is 5.32 Å². The van der Waals surface area contributed by atoms with E-state index in [9.17, 15) is 0 Å². The summed E-state index contributed by atoms with van der Waals surface area (Å²) >= 11 is 0. The standard InChI is InChI=1S/C5H8N2O/c6-3-5-4-7-1-2-8-5/h5,7H,1-2,4H2/t5-/m0/s1. The maximum Gasteiger partial charge on any atom is 0.156 e. The summed E-state index contributed by atoms with van der Waals surface area (Å²) < 4.78 is 5.00. The van der Waals surface area contributed by atoms with Crippen molar-refractivity contribution in [2.24, 2.45) is 0 Å². The molecule has 8 heavy (non-hydrogen) atoms. The zero-order valence-corrected chi connectivity index (χ0v) is 4.55. The lowest BCUT2D eigenvalue weighted by atomic mass is 10.3. The number of hydrogen-bond acceptors (Lipinski definition) is 3. The molecular weight excluding hydrogens is 104 g/mol. The third kappa shape index (κ3) is 1.19. The molecule has 1 heterocycles. The summed E-state index contributed by atoms with van der Waals surface area (Å²) in [5.41, 5.74) is 0. The van der Waals surface area contributed by atoms with Gasteiger partial charge in [0.2, 0.25) is 0 Å². The van der Waals surface area contributed by atoms with Gasteiger partial charge in [0.05, 0.1) is 12.7 Å². The molecule has 3 heteroatoms. The van der Waals surface area contributed by atoms with E-state index in [4.69, 9.17) is 10.00 Å². The van der Waals surface area contributed by atoms with Gasteiger partial charge in [0, 0.05) is 13.1 Å². The van der Waals surface area contributed by atoms with Gasteiger partial charge in [-0.25, -0.2) is 0 Å². The van der Waals surface area contributed by atoms with Crippen LogP contribution >= 0.6 is 0 Å². The van der Waals surface area contributed by atoms with Gasteiger partial charge < -0.3 is 10.1 Å². The molecule has 44 valence electrons. The van der Waals surface area contributed by atoms with Crippen molar-refractivity contribution in [1.82, 2.24) is 5.32 Å². The van der Waals surface area contributed by atoms with Crippen LogP contribution < -0.4 is 5.32 Å². The Morgan fingerprint density at radius 3 is 3.00 bits per heavy atom. The monoisotopic (exact) mass is 112 g/mol. The summed E-state index contributed by atoms with van der Waals surface area (Å²) in [7, 11) is 0. The van der Waals surface area contributed by atoms with Crippen LogP contribution in [0.4, 0.5) is 0 Å². The summed E-state index contributed by atoms with van der Waals surface area (Å²) in [6.07, 6.45) is -0.219. The lowest BCUT2D eigenvalue weighted by Gasteiger charge is -2.16. The Morgan fingerprint density at radius 1 is 1.75 bits per heavy atom. The van der Waals surface area contributed by atoms with Crippen molar-refractivity contribution in [3.63, 3.8) is 0 Å². The van der Waals surface area contributed by atoms with Crippen molar-refractivity contribution in [2.45, 2.75) is 6.10 Å². The van der Waals surface area contributed by atoms with Crippen molar-refractivity contribution < 1.29 is 4.74 Å². The molecule has 0 saturated carbocycles. The van der Waals surface area contributed by atoms with E-state index in [1.54, 1.807) is 0 Å². The van der Waals surface area contributed by atoms with Crippen LogP contribution in [0.3, 0.4) is 0 Å². The minimum Gasteiger partial charge on any atom is -0.361 e. The first-order valence-corrected chi connectivity index (χ1v) is 2.65. The SMILES string of the molecule is N#C[C@H]1CNCCO1. The molecule has 1 saturated heterocycles. The second-order valence-corrected chi connectivity index (χ2v) is 1.69. The van der Waals surface area contributed by atoms with Crippen molar-refractivity contribution in [2.75, 3.05) is 19.7 Å². The second-order valence-electron chi connectivity index (χ2n) is 1.69. The van der Waals surface area contributed by atoms with Crippen LogP contribution in [-0.4, -0.2) is 25.8 Å². The Morgan fingerprint density at radius 2 is 2.62 bits per heavy atom. The number of morpholine rings is 1. The molecule has 0 bridgehead atoms. The van der Waals surface area contributed by atoms with E-state index >= 15 is 0 Å². The van der Waals surface area contributed by atoms with E-state index < -0.39 is 0 Å². The van der Waals surface area contributed by atoms with E-state index in [0.717, 1.165) is 6.54 Å². The number of rotatable bonds is 0. The molecule has 1 atom stereocenters. The second kappa shape index (κ2) is 2.65. The van der Waals surface area contributed by atoms with Gasteiger partial charge in [-0.15, -0.1) is 0 Å². The average molecular weight is 112 g/mol. The first kappa shape index (κ1) is 5.54. The fourth-order valence-corrected chi connectivity index (χ4v) is 0.648. The molecular formula is C5H8N2O. The highest BCUT2D eigenvalue weighted by Crippen LogP contribution is 1.91. The predicted octanol–water partition coefficient (Wildman–Crippen LogP) is -0.502. The van der Waals surface area contributed by atoms with E-state index in [1.165, 1.54) is 0 Å².